The number of alkyl carbamates (subject to hydrolysis) is 1. The number of primary amides is 1. The number of phenolic OH excluding ortho intramolecular Hbond substituents is 1. The summed E-state index contributed by atoms with van der Waals surface area (Å²) in [5.41, 5.74) is 7.60. The van der Waals surface area contributed by atoms with Gasteiger partial charge in [-0.25, -0.2) is 4.79 Å². The number of aromatic hydroxyl groups is 1. The Labute approximate surface area is 242 Å². The van der Waals surface area contributed by atoms with E-state index in [1.165, 1.54) is 4.90 Å². The van der Waals surface area contributed by atoms with Crippen molar-refractivity contribution in [2.75, 3.05) is 11.9 Å². The van der Waals surface area contributed by atoms with Crippen LogP contribution in [0, 0.1) is 20.8 Å². The first kappa shape index (κ1) is 33.1. The molecule has 2 atom stereocenters. The second-order valence-corrected chi connectivity index (χ2v) is 11.3. The Morgan fingerprint density at radius 2 is 1.59 bits per heavy atom. The van der Waals surface area contributed by atoms with E-state index in [4.69, 9.17) is 10.5 Å². The number of ether oxygens (including phenoxy) is 1. The van der Waals surface area contributed by atoms with Crippen molar-refractivity contribution in [3.05, 3.63) is 58.7 Å². The summed E-state index contributed by atoms with van der Waals surface area (Å²) in [6.07, 6.45) is 0.135. The van der Waals surface area contributed by atoms with Crippen LogP contribution in [-0.2, 0) is 19.1 Å². The van der Waals surface area contributed by atoms with Crippen LogP contribution in [0.25, 0.3) is 0 Å². The molecule has 2 rings (SSSR count). The second-order valence-electron chi connectivity index (χ2n) is 11.3. The third-order valence-corrected chi connectivity index (χ3v) is 6.56. The molecule has 2 unspecified atom stereocenters. The summed E-state index contributed by atoms with van der Waals surface area (Å²) in [7, 11) is 0. The van der Waals surface area contributed by atoms with Crippen molar-refractivity contribution >= 4 is 29.5 Å². The molecule has 41 heavy (non-hydrogen) atoms. The Balaban J connectivity index is 2.64. The number of benzene rings is 2. The molecule has 2 aromatic carbocycles. The number of nitrogens with two attached hydrogens (primary N) is 1. The highest BCUT2D eigenvalue weighted by atomic mass is 16.6. The van der Waals surface area contributed by atoms with Crippen LogP contribution < -0.4 is 16.4 Å². The molecule has 0 saturated heterocycles. The molecule has 0 aliphatic carbocycles. The van der Waals surface area contributed by atoms with Crippen LogP contribution >= 0.6 is 0 Å². The van der Waals surface area contributed by atoms with Crippen molar-refractivity contribution in [3.63, 3.8) is 0 Å². The predicted molar refractivity (Wildman–Crippen MR) is 158 cm³/mol. The third kappa shape index (κ3) is 9.51. The number of amides is 4. The van der Waals surface area contributed by atoms with Gasteiger partial charge in [-0.05, 0) is 71.1 Å². The van der Waals surface area contributed by atoms with Crippen LogP contribution in [0.4, 0.5) is 10.5 Å². The molecule has 224 valence electrons. The minimum Gasteiger partial charge on any atom is -0.507 e. The standard InChI is InChI=1S/C31H44N4O6/c1-8-9-18-35(29(39)23(16-17-24(32)36)33-30(40)41-31(5,6)7)26(22-15-11-14-21(4)27(22)37)28(38)34-25-19(2)12-10-13-20(25)3/h10-15,23,26,37H,8-9,16-18H2,1-7H3,(H2,32,36)(H,33,40)(H,34,38). The van der Waals surface area contributed by atoms with Crippen molar-refractivity contribution in [3.8, 4) is 5.75 Å². The Hall–Kier alpha value is -4.08. The molecule has 0 bridgehead atoms. The highest BCUT2D eigenvalue weighted by Crippen LogP contribution is 2.34. The van der Waals surface area contributed by atoms with Gasteiger partial charge in [-0.1, -0.05) is 49.7 Å². The Bertz CT molecular complexity index is 1230. The van der Waals surface area contributed by atoms with Gasteiger partial charge in [0.25, 0.3) is 5.91 Å². The van der Waals surface area contributed by atoms with Gasteiger partial charge in [-0.3, -0.25) is 14.4 Å². The highest BCUT2D eigenvalue weighted by Gasteiger charge is 2.37. The third-order valence-electron chi connectivity index (χ3n) is 6.56. The van der Waals surface area contributed by atoms with Crippen molar-refractivity contribution in [1.82, 2.24) is 10.2 Å². The summed E-state index contributed by atoms with van der Waals surface area (Å²) in [6.45, 7) is 12.6. The van der Waals surface area contributed by atoms with Crippen molar-refractivity contribution in [2.24, 2.45) is 5.73 Å². The number of anilines is 1. The first-order valence-electron chi connectivity index (χ1n) is 13.9. The lowest BCUT2D eigenvalue weighted by Crippen LogP contribution is -2.53. The van der Waals surface area contributed by atoms with E-state index in [1.54, 1.807) is 45.9 Å². The summed E-state index contributed by atoms with van der Waals surface area (Å²) in [4.78, 5) is 54.0. The average molecular weight is 569 g/mol. The van der Waals surface area contributed by atoms with Crippen LogP contribution in [0.15, 0.2) is 36.4 Å². The number of para-hydroxylation sites is 2. The lowest BCUT2D eigenvalue weighted by Gasteiger charge is -2.35. The van der Waals surface area contributed by atoms with Crippen LogP contribution in [0.1, 0.15) is 81.7 Å². The lowest BCUT2D eigenvalue weighted by molar-refractivity contribution is -0.141. The SMILES string of the molecule is CCCCN(C(=O)C(CCC(N)=O)NC(=O)OC(C)(C)C)C(C(=O)Nc1c(C)cccc1C)c1cccc(C)c1O. The van der Waals surface area contributed by atoms with E-state index in [9.17, 15) is 24.3 Å². The van der Waals surface area contributed by atoms with Gasteiger partial charge in [-0.15, -0.1) is 0 Å². The zero-order valence-electron chi connectivity index (χ0n) is 25.2. The second kappa shape index (κ2) is 14.5. The van der Waals surface area contributed by atoms with Gasteiger partial charge in [0, 0.05) is 24.2 Å². The molecule has 0 saturated carbocycles. The maximum absolute atomic E-state index is 14.2. The Morgan fingerprint density at radius 3 is 2.15 bits per heavy atom. The van der Waals surface area contributed by atoms with E-state index >= 15 is 0 Å². The smallest absolute Gasteiger partial charge is 0.408 e. The van der Waals surface area contributed by atoms with E-state index in [0.717, 1.165) is 11.1 Å². The van der Waals surface area contributed by atoms with Crippen LogP contribution in [-0.4, -0.2) is 52.0 Å². The molecule has 5 N–H and O–H groups in total. The van der Waals surface area contributed by atoms with Gasteiger partial charge in [0.2, 0.25) is 11.8 Å². The van der Waals surface area contributed by atoms with E-state index in [0.29, 0.717) is 24.1 Å². The normalized spacial score (nSPS) is 12.7. The minimum atomic E-state index is -1.25. The van der Waals surface area contributed by atoms with Gasteiger partial charge in [-0.2, -0.15) is 0 Å². The van der Waals surface area contributed by atoms with E-state index in [1.807, 2.05) is 39.0 Å². The fourth-order valence-electron chi connectivity index (χ4n) is 4.45. The van der Waals surface area contributed by atoms with Gasteiger partial charge in [0.05, 0.1) is 0 Å². The van der Waals surface area contributed by atoms with Crippen LogP contribution in [0.3, 0.4) is 0 Å². The highest BCUT2D eigenvalue weighted by molar-refractivity contribution is 6.00. The van der Waals surface area contributed by atoms with Crippen molar-refractivity contribution in [2.45, 2.75) is 91.8 Å². The van der Waals surface area contributed by atoms with Gasteiger partial charge in [0.1, 0.15) is 23.4 Å². The van der Waals surface area contributed by atoms with E-state index < -0.39 is 41.5 Å². The fourth-order valence-corrected chi connectivity index (χ4v) is 4.45. The van der Waals surface area contributed by atoms with E-state index in [-0.39, 0.29) is 30.7 Å². The number of rotatable bonds is 12. The summed E-state index contributed by atoms with van der Waals surface area (Å²) in [6, 6.07) is 8.17. The number of carbonyl (C=O) groups is 4. The van der Waals surface area contributed by atoms with E-state index in [2.05, 4.69) is 10.6 Å². The zero-order valence-corrected chi connectivity index (χ0v) is 25.2. The Morgan fingerprint density at radius 1 is 1.00 bits per heavy atom. The van der Waals surface area contributed by atoms with Gasteiger partial charge >= 0.3 is 6.09 Å². The Kier molecular flexibility index (Phi) is 11.7. The minimum absolute atomic E-state index is 0.0962. The largest absolute Gasteiger partial charge is 0.507 e. The monoisotopic (exact) mass is 568 g/mol. The summed E-state index contributed by atoms with van der Waals surface area (Å²) in [5.74, 6) is -1.89. The zero-order chi connectivity index (χ0) is 30.9. The molecular weight excluding hydrogens is 524 g/mol. The fraction of sp³-hybridized carbons (Fsp3) is 0.484. The number of carbonyl (C=O) groups excluding carboxylic acids is 4. The van der Waals surface area contributed by atoms with Crippen molar-refractivity contribution < 1.29 is 29.0 Å². The molecule has 0 heterocycles. The molecule has 2 aromatic rings. The molecule has 4 amide bonds. The number of phenols is 1. The summed E-state index contributed by atoms with van der Waals surface area (Å²) < 4.78 is 5.36. The van der Waals surface area contributed by atoms with Gasteiger partial charge < -0.3 is 31.1 Å². The van der Waals surface area contributed by atoms with Gasteiger partial charge in [0.15, 0.2) is 0 Å². The quantitative estimate of drug-likeness (QED) is 0.289. The van der Waals surface area contributed by atoms with Crippen LogP contribution in [0.2, 0.25) is 0 Å². The maximum Gasteiger partial charge on any atom is 0.408 e. The molecule has 0 radical (unpaired) electrons. The van der Waals surface area contributed by atoms with Crippen LogP contribution in [0.5, 0.6) is 5.75 Å². The topological polar surface area (TPSA) is 151 Å². The molecule has 0 spiro atoms. The molecule has 0 aliphatic rings. The summed E-state index contributed by atoms with van der Waals surface area (Å²) >= 11 is 0. The first-order chi connectivity index (χ1) is 19.2. The molecule has 0 aromatic heterocycles. The number of hydrogen-bond acceptors (Lipinski definition) is 6. The number of aryl methyl sites for hydroxylation is 3. The maximum atomic E-state index is 14.2. The molecular formula is C31H44N4O6. The number of nitrogens with zero attached hydrogens (tertiary/aromatic N) is 1. The first-order valence-corrected chi connectivity index (χ1v) is 13.9. The number of nitrogens with one attached hydrogen (secondary N) is 2. The molecule has 10 nitrogen and oxygen atoms in total. The number of unbranched alkanes of at least 4 members (excludes halogenated alkanes) is 1. The van der Waals surface area contributed by atoms with Crippen molar-refractivity contribution in [1.29, 1.82) is 0 Å². The summed E-state index contributed by atoms with van der Waals surface area (Å²) in [5, 5.41) is 16.6. The lowest BCUT2D eigenvalue weighted by atomic mass is 9.97. The molecule has 10 heteroatoms. The predicted octanol–water partition coefficient (Wildman–Crippen LogP) is 4.78. The molecule has 0 aliphatic heterocycles. The number of hydrogen-bond donors (Lipinski definition) is 4. The molecule has 0 fully saturated rings. The average Bonchev–Trinajstić information content (AvgIpc) is 2.87.